The molecule has 0 amide bonds. The molecule has 1 aromatic carbocycles. The molecule has 1 heterocycles. The third-order valence-corrected chi connectivity index (χ3v) is 2.49. The monoisotopic (exact) mass is 261 g/mol. The Morgan fingerprint density at radius 3 is 2.68 bits per heavy atom. The number of anilines is 1. The summed E-state index contributed by atoms with van der Waals surface area (Å²) >= 11 is 0. The van der Waals surface area contributed by atoms with Crippen molar-refractivity contribution in [1.82, 2.24) is 9.78 Å². The van der Waals surface area contributed by atoms with Crippen LogP contribution in [0, 0.1) is 0 Å². The van der Waals surface area contributed by atoms with E-state index in [1.54, 1.807) is 7.05 Å². The van der Waals surface area contributed by atoms with Gasteiger partial charge in [-0.3, -0.25) is 4.68 Å². The molecule has 0 radical (unpaired) electrons. The Kier molecular flexibility index (Phi) is 4.02. The van der Waals surface area contributed by atoms with Crippen LogP contribution in [0.3, 0.4) is 0 Å². The van der Waals surface area contributed by atoms with Crippen LogP contribution in [0.2, 0.25) is 0 Å². The molecule has 1 aromatic heterocycles. The van der Waals surface area contributed by atoms with E-state index < -0.39 is 5.97 Å². The first-order valence-electron chi connectivity index (χ1n) is 5.81. The molecule has 100 valence electrons. The van der Waals surface area contributed by atoms with Crippen molar-refractivity contribution in [3.63, 3.8) is 0 Å². The maximum Gasteiger partial charge on any atom is 0.358 e. The van der Waals surface area contributed by atoms with Crippen molar-refractivity contribution in [3.05, 3.63) is 42.2 Å². The van der Waals surface area contributed by atoms with Gasteiger partial charge in [0.2, 0.25) is 0 Å². The maximum atomic E-state index is 11.7. The fourth-order valence-corrected chi connectivity index (χ4v) is 1.58. The van der Waals surface area contributed by atoms with Crippen molar-refractivity contribution in [2.75, 3.05) is 18.9 Å². The predicted octanol–water partition coefficient (Wildman–Crippen LogP) is 1.24. The van der Waals surface area contributed by atoms with Gasteiger partial charge in [0.05, 0.1) is 11.9 Å². The van der Waals surface area contributed by atoms with E-state index in [9.17, 15) is 4.79 Å². The molecule has 2 rings (SSSR count). The van der Waals surface area contributed by atoms with E-state index in [0.717, 1.165) is 5.75 Å². The van der Waals surface area contributed by atoms with Crippen molar-refractivity contribution in [2.24, 2.45) is 7.05 Å². The lowest BCUT2D eigenvalue weighted by Gasteiger charge is -2.07. The normalized spacial score (nSPS) is 10.2. The lowest BCUT2D eigenvalue weighted by Crippen LogP contribution is -2.16. The molecule has 6 nitrogen and oxygen atoms in total. The van der Waals surface area contributed by atoms with Gasteiger partial charge in [-0.25, -0.2) is 4.79 Å². The van der Waals surface area contributed by atoms with E-state index >= 15 is 0 Å². The summed E-state index contributed by atoms with van der Waals surface area (Å²) in [6, 6.07) is 9.31. The summed E-state index contributed by atoms with van der Waals surface area (Å²) in [6.45, 7) is 0.436. The standard InChI is InChI=1S/C13H15N3O3/c1-16-12(11(14)9-15-16)13(17)19-8-7-18-10-5-3-2-4-6-10/h2-6,9H,7-8,14H2,1H3. The quantitative estimate of drug-likeness (QED) is 0.647. The van der Waals surface area contributed by atoms with Gasteiger partial charge < -0.3 is 15.2 Å². The first kappa shape index (κ1) is 12.9. The molecule has 0 fully saturated rings. The highest BCUT2D eigenvalue weighted by Crippen LogP contribution is 2.11. The van der Waals surface area contributed by atoms with Crippen LogP contribution in [0.15, 0.2) is 36.5 Å². The van der Waals surface area contributed by atoms with Crippen molar-refractivity contribution < 1.29 is 14.3 Å². The van der Waals surface area contributed by atoms with Gasteiger partial charge >= 0.3 is 5.97 Å². The van der Waals surface area contributed by atoms with Gasteiger partial charge in [0.15, 0.2) is 5.69 Å². The number of ether oxygens (including phenoxy) is 2. The van der Waals surface area contributed by atoms with Crippen LogP contribution in [0.1, 0.15) is 10.5 Å². The van der Waals surface area contributed by atoms with Crippen LogP contribution in [0.4, 0.5) is 5.69 Å². The molecule has 2 N–H and O–H groups in total. The van der Waals surface area contributed by atoms with Gasteiger partial charge in [0.1, 0.15) is 19.0 Å². The molecular weight excluding hydrogens is 246 g/mol. The summed E-state index contributed by atoms with van der Waals surface area (Å²) in [6.07, 6.45) is 1.41. The number of carbonyl (C=O) groups is 1. The predicted molar refractivity (Wildman–Crippen MR) is 69.8 cm³/mol. The van der Waals surface area contributed by atoms with E-state index in [2.05, 4.69) is 5.10 Å². The number of carbonyl (C=O) groups excluding carboxylic acids is 1. The molecule has 0 unspecified atom stereocenters. The van der Waals surface area contributed by atoms with E-state index in [1.807, 2.05) is 30.3 Å². The minimum absolute atomic E-state index is 0.151. The summed E-state index contributed by atoms with van der Waals surface area (Å²) in [5.41, 5.74) is 6.17. The Labute approximate surface area is 110 Å². The van der Waals surface area contributed by atoms with Gasteiger partial charge in [0, 0.05) is 7.05 Å². The second kappa shape index (κ2) is 5.90. The lowest BCUT2D eigenvalue weighted by atomic mass is 10.3. The molecular formula is C13H15N3O3. The molecule has 2 aromatic rings. The fourth-order valence-electron chi connectivity index (χ4n) is 1.58. The molecule has 0 saturated carbocycles. The molecule has 19 heavy (non-hydrogen) atoms. The average molecular weight is 261 g/mol. The summed E-state index contributed by atoms with van der Waals surface area (Å²) in [5, 5.41) is 3.87. The van der Waals surface area contributed by atoms with Gasteiger partial charge in [0.25, 0.3) is 0 Å². The number of aromatic nitrogens is 2. The molecule has 0 atom stereocenters. The fraction of sp³-hybridized carbons (Fsp3) is 0.231. The summed E-state index contributed by atoms with van der Waals surface area (Å²) < 4.78 is 11.9. The van der Waals surface area contributed by atoms with Gasteiger partial charge in [-0.1, -0.05) is 18.2 Å². The number of nitrogens with two attached hydrogens (primary N) is 1. The number of para-hydroxylation sites is 1. The van der Waals surface area contributed by atoms with Crippen LogP contribution in [0.25, 0.3) is 0 Å². The van der Waals surface area contributed by atoms with Crippen LogP contribution in [-0.2, 0) is 11.8 Å². The number of hydrogen-bond acceptors (Lipinski definition) is 5. The zero-order valence-corrected chi connectivity index (χ0v) is 10.6. The lowest BCUT2D eigenvalue weighted by molar-refractivity contribution is 0.0439. The molecule has 0 aliphatic heterocycles. The van der Waals surface area contributed by atoms with Gasteiger partial charge in [-0.05, 0) is 12.1 Å². The Morgan fingerprint density at radius 1 is 1.32 bits per heavy atom. The number of rotatable bonds is 5. The zero-order valence-electron chi connectivity index (χ0n) is 10.6. The molecule has 0 aliphatic rings. The Morgan fingerprint density at radius 2 is 2.05 bits per heavy atom. The van der Waals surface area contributed by atoms with E-state index in [4.69, 9.17) is 15.2 Å². The third kappa shape index (κ3) is 3.25. The molecule has 0 aliphatic carbocycles. The number of nitrogen functional groups attached to an aromatic ring is 1. The molecule has 6 heteroatoms. The minimum Gasteiger partial charge on any atom is -0.490 e. The number of aryl methyl sites for hydroxylation is 1. The summed E-state index contributed by atoms with van der Waals surface area (Å²) in [7, 11) is 1.63. The van der Waals surface area contributed by atoms with E-state index in [-0.39, 0.29) is 18.9 Å². The van der Waals surface area contributed by atoms with Crippen LogP contribution in [0.5, 0.6) is 5.75 Å². The van der Waals surface area contributed by atoms with Crippen LogP contribution in [-0.4, -0.2) is 29.0 Å². The smallest absolute Gasteiger partial charge is 0.358 e. The first-order chi connectivity index (χ1) is 9.18. The van der Waals surface area contributed by atoms with E-state index in [1.165, 1.54) is 10.9 Å². The van der Waals surface area contributed by atoms with Crippen LogP contribution >= 0.6 is 0 Å². The number of benzene rings is 1. The molecule has 0 bridgehead atoms. The number of esters is 1. The Hall–Kier alpha value is -2.50. The van der Waals surface area contributed by atoms with Crippen molar-refractivity contribution in [1.29, 1.82) is 0 Å². The Balaban J connectivity index is 1.79. The third-order valence-electron chi connectivity index (χ3n) is 2.49. The van der Waals surface area contributed by atoms with Crippen molar-refractivity contribution in [2.45, 2.75) is 0 Å². The first-order valence-corrected chi connectivity index (χ1v) is 5.81. The van der Waals surface area contributed by atoms with E-state index in [0.29, 0.717) is 5.69 Å². The number of hydrogen-bond donors (Lipinski definition) is 1. The molecule has 0 spiro atoms. The zero-order chi connectivity index (χ0) is 13.7. The highest BCUT2D eigenvalue weighted by Gasteiger charge is 2.16. The highest BCUT2D eigenvalue weighted by atomic mass is 16.6. The van der Waals surface area contributed by atoms with Gasteiger partial charge in [-0.15, -0.1) is 0 Å². The largest absolute Gasteiger partial charge is 0.490 e. The topological polar surface area (TPSA) is 79.4 Å². The second-order valence-corrected chi connectivity index (χ2v) is 3.87. The van der Waals surface area contributed by atoms with Gasteiger partial charge in [-0.2, -0.15) is 5.10 Å². The number of nitrogens with zero attached hydrogens (tertiary/aromatic N) is 2. The minimum atomic E-state index is -0.505. The maximum absolute atomic E-state index is 11.7. The highest BCUT2D eigenvalue weighted by molar-refractivity contribution is 5.92. The van der Waals surface area contributed by atoms with Crippen molar-refractivity contribution in [3.8, 4) is 5.75 Å². The second-order valence-electron chi connectivity index (χ2n) is 3.87. The average Bonchev–Trinajstić information content (AvgIpc) is 2.75. The summed E-state index contributed by atoms with van der Waals surface area (Å²) in [4.78, 5) is 11.7. The SMILES string of the molecule is Cn1ncc(N)c1C(=O)OCCOc1ccccc1. The molecule has 0 saturated heterocycles. The Bertz CT molecular complexity index is 532. The van der Waals surface area contributed by atoms with Crippen molar-refractivity contribution >= 4 is 11.7 Å². The van der Waals surface area contributed by atoms with Crippen LogP contribution < -0.4 is 10.5 Å². The summed E-state index contributed by atoms with van der Waals surface area (Å²) in [5.74, 6) is 0.229.